The van der Waals surface area contributed by atoms with Crippen molar-refractivity contribution >= 4 is 26.7 Å². The lowest BCUT2D eigenvalue weighted by molar-refractivity contribution is 0.600. The van der Waals surface area contributed by atoms with E-state index in [1.165, 1.54) is 0 Å². The van der Waals surface area contributed by atoms with E-state index in [0.717, 1.165) is 27.6 Å². The van der Waals surface area contributed by atoms with Gasteiger partial charge in [0.15, 0.2) is 5.82 Å². The second-order valence-electron chi connectivity index (χ2n) is 7.27. The van der Waals surface area contributed by atoms with Crippen molar-refractivity contribution < 1.29 is 8.42 Å². The summed E-state index contributed by atoms with van der Waals surface area (Å²) in [5, 5.41) is 5.55. The van der Waals surface area contributed by atoms with Crippen LogP contribution in [-0.2, 0) is 10.0 Å². The summed E-state index contributed by atoms with van der Waals surface area (Å²) in [4.78, 5) is 4.96. The fourth-order valence-electron chi connectivity index (χ4n) is 3.31. The van der Waals surface area contributed by atoms with Gasteiger partial charge in [0, 0.05) is 11.5 Å². The third-order valence-electron chi connectivity index (χ3n) is 4.85. The number of para-hydroxylation sites is 1. The van der Waals surface area contributed by atoms with Crippen molar-refractivity contribution in [3.63, 3.8) is 0 Å². The minimum absolute atomic E-state index is 0.201. The number of pyridine rings is 1. The third-order valence-corrected chi connectivity index (χ3v) is 6.22. The highest BCUT2D eigenvalue weighted by Crippen LogP contribution is 2.25. The number of benzene rings is 2. The number of sulfonamides is 1. The maximum absolute atomic E-state index is 12.9. The molecule has 148 valence electrons. The first kappa shape index (κ1) is 19.1. The van der Waals surface area contributed by atoms with Gasteiger partial charge >= 0.3 is 0 Å². The van der Waals surface area contributed by atoms with Gasteiger partial charge in [0.1, 0.15) is 5.82 Å². The molecule has 2 aromatic carbocycles. The Morgan fingerprint density at radius 1 is 0.897 bits per heavy atom. The zero-order valence-electron chi connectivity index (χ0n) is 16.8. The summed E-state index contributed by atoms with van der Waals surface area (Å²) in [7, 11) is -3.75. The van der Waals surface area contributed by atoms with E-state index < -0.39 is 10.0 Å². The Kier molecular flexibility index (Phi) is 4.62. The molecule has 0 aliphatic rings. The highest BCUT2D eigenvalue weighted by Gasteiger charge is 2.19. The monoisotopic (exact) mass is 406 g/mol. The predicted molar refractivity (Wildman–Crippen MR) is 115 cm³/mol. The van der Waals surface area contributed by atoms with Crippen LogP contribution in [0.25, 0.3) is 16.7 Å². The van der Waals surface area contributed by atoms with Crippen LogP contribution in [0, 0.1) is 27.7 Å². The molecular formula is C22H22N4O2S. The van der Waals surface area contributed by atoms with E-state index in [1.54, 1.807) is 35.0 Å². The van der Waals surface area contributed by atoms with Crippen LogP contribution in [0.15, 0.2) is 59.5 Å². The van der Waals surface area contributed by atoms with Gasteiger partial charge in [-0.2, -0.15) is 9.78 Å². The molecule has 0 saturated carbocycles. The molecule has 0 unspecified atom stereocenters. The molecule has 0 fully saturated rings. The zero-order valence-corrected chi connectivity index (χ0v) is 17.6. The third kappa shape index (κ3) is 3.61. The van der Waals surface area contributed by atoms with Crippen molar-refractivity contribution in [1.29, 1.82) is 0 Å². The van der Waals surface area contributed by atoms with Crippen LogP contribution in [0.5, 0.6) is 0 Å². The van der Waals surface area contributed by atoms with Crippen LogP contribution in [0.4, 0.5) is 5.82 Å². The summed E-state index contributed by atoms with van der Waals surface area (Å²) >= 11 is 0. The van der Waals surface area contributed by atoms with Crippen molar-refractivity contribution in [1.82, 2.24) is 14.8 Å². The van der Waals surface area contributed by atoms with E-state index in [1.807, 2.05) is 52.0 Å². The van der Waals surface area contributed by atoms with E-state index in [9.17, 15) is 8.42 Å². The number of anilines is 1. The molecule has 2 heterocycles. The second kappa shape index (κ2) is 7.00. The first-order valence-corrected chi connectivity index (χ1v) is 10.8. The van der Waals surface area contributed by atoms with Gasteiger partial charge < -0.3 is 0 Å². The van der Waals surface area contributed by atoms with Crippen molar-refractivity contribution in [3.8, 4) is 5.82 Å². The summed E-state index contributed by atoms with van der Waals surface area (Å²) in [6.07, 6.45) is 0. The molecule has 6 nitrogen and oxygen atoms in total. The SMILES string of the molecule is Cc1ccc(S(=O)(=O)Nc2cc(C)nn2-c2cc(C)c3cccc(C)c3n2)cc1. The van der Waals surface area contributed by atoms with Crippen molar-refractivity contribution in [2.45, 2.75) is 32.6 Å². The molecule has 0 radical (unpaired) electrons. The summed E-state index contributed by atoms with van der Waals surface area (Å²) < 4.78 is 29.9. The Balaban J connectivity index is 1.81. The Morgan fingerprint density at radius 3 is 2.34 bits per heavy atom. The van der Waals surface area contributed by atoms with Gasteiger partial charge in [-0.15, -0.1) is 0 Å². The molecule has 4 aromatic rings. The first-order valence-electron chi connectivity index (χ1n) is 9.28. The second-order valence-corrected chi connectivity index (χ2v) is 8.95. The van der Waals surface area contributed by atoms with Gasteiger partial charge in [-0.1, -0.05) is 35.9 Å². The molecule has 0 aliphatic carbocycles. The number of fused-ring (bicyclic) bond motifs is 1. The predicted octanol–water partition coefficient (Wildman–Crippen LogP) is 4.45. The Hall–Kier alpha value is -3.19. The Labute approximate surface area is 170 Å². The minimum Gasteiger partial charge on any atom is -0.263 e. The number of aryl methyl sites for hydroxylation is 4. The topological polar surface area (TPSA) is 76.9 Å². The molecule has 1 N–H and O–H groups in total. The maximum atomic E-state index is 12.9. The van der Waals surface area contributed by atoms with Crippen molar-refractivity contribution in [3.05, 3.63) is 77.0 Å². The van der Waals surface area contributed by atoms with E-state index in [2.05, 4.69) is 9.82 Å². The highest BCUT2D eigenvalue weighted by molar-refractivity contribution is 7.92. The molecule has 2 aromatic heterocycles. The Morgan fingerprint density at radius 2 is 1.62 bits per heavy atom. The highest BCUT2D eigenvalue weighted by atomic mass is 32.2. The maximum Gasteiger partial charge on any atom is 0.263 e. The lowest BCUT2D eigenvalue weighted by atomic mass is 10.1. The van der Waals surface area contributed by atoms with E-state index in [0.29, 0.717) is 17.3 Å². The molecule has 7 heteroatoms. The average molecular weight is 407 g/mol. The van der Waals surface area contributed by atoms with Gasteiger partial charge in [-0.05, 0) is 57.0 Å². The zero-order chi connectivity index (χ0) is 20.8. The van der Waals surface area contributed by atoms with Gasteiger partial charge in [-0.3, -0.25) is 4.72 Å². The smallest absolute Gasteiger partial charge is 0.263 e. The van der Waals surface area contributed by atoms with Crippen LogP contribution in [0.2, 0.25) is 0 Å². The number of nitrogens with zero attached hydrogens (tertiary/aromatic N) is 3. The van der Waals surface area contributed by atoms with Crippen LogP contribution in [-0.4, -0.2) is 23.2 Å². The molecule has 0 amide bonds. The summed E-state index contributed by atoms with van der Waals surface area (Å²) in [5.41, 5.74) is 4.67. The van der Waals surface area contributed by atoms with E-state index >= 15 is 0 Å². The number of rotatable bonds is 4. The normalized spacial score (nSPS) is 11.7. The van der Waals surface area contributed by atoms with Gasteiger partial charge in [0.25, 0.3) is 10.0 Å². The molecule has 0 bridgehead atoms. The molecule has 0 saturated heterocycles. The molecule has 0 atom stereocenters. The quantitative estimate of drug-likeness (QED) is 0.543. The van der Waals surface area contributed by atoms with E-state index in [-0.39, 0.29) is 4.90 Å². The molecule has 0 aliphatic heterocycles. The van der Waals surface area contributed by atoms with Gasteiger partial charge in [0.05, 0.1) is 16.1 Å². The number of hydrogen-bond acceptors (Lipinski definition) is 4. The molecule has 4 rings (SSSR count). The minimum atomic E-state index is -3.75. The average Bonchev–Trinajstić information content (AvgIpc) is 3.02. The fraction of sp³-hybridized carbons (Fsp3) is 0.182. The molecule has 29 heavy (non-hydrogen) atoms. The van der Waals surface area contributed by atoms with Gasteiger partial charge in [0.2, 0.25) is 0 Å². The first-order chi connectivity index (χ1) is 13.7. The Bertz CT molecular complexity index is 1320. The van der Waals surface area contributed by atoms with Gasteiger partial charge in [-0.25, -0.2) is 13.4 Å². The number of aromatic nitrogens is 3. The molecule has 0 spiro atoms. The van der Waals surface area contributed by atoms with Crippen molar-refractivity contribution in [2.75, 3.05) is 4.72 Å². The molecular weight excluding hydrogens is 384 g/mol. The lowest BCUT2D eigenvalue weighted by Crippen LogP contribution is -2.16. The summed E-state index contributed by atoms with van der Waals surface area (Å²) in [6, 6.07) is 16.4. The van der Waals surface area contributed by atoms with Crippen LogP contribution >= 0.6 is 0 Å². The number of nitrogens with one attached hydrogen (secondary N) is 1. The number of hydrogen-bond donors (Lipinski definition) is 1. The summed E-state index contributed by atoms with van der Waals surface area (Å²) in [5.74, 6) is 0.918. The lowest BCUT2D eigenvalue weighted by Gasteiger charge is -2.12. The van der Waals surface area contributed by atoms with Crippen LogP contribution in [0.3, 0.4) is 0 Å². The van der Waals surface area contributed by atoms with Crippen molar-refractivity contribution in [2.24, 2.45) is 0 Å². The largest absolute Gasteiger partial charge is 0.263 e. The van der Waals surface area contributed by atoms with Crippen LogP contribution in [0.1, 0.15) is 22.4 Å². The standard InChI is InChI=1S/C22H22N4O2S/c1-14-8-10-18(11-9-14)29(27,28)25-21-13-17(4)24-26(21)20-12-16(3)19-7-5-6-15(2)22(19)23-20/h5-13,25H,1-4H3. The van der Waals surface area contributed by atoms with E-state index in [4.69, 9.17) is 4.98 Å². The summed E-state index contributed by atoms with van der Waals surface area (Å²) in [6.45, 7) is 7.75. The van der Waals surface area contributed by atoms with Crippen LogP contribution < -0.4 is 4.72 Å². The fourth-order valence-corrected chi connectivity index (χ4v) is 4.35.